The number of hydrogen-bond donors (Lipinski definition) is 1. The fraction of sp³-hybridized carbons (Fsp3) is 0.267. The van der Waals surface area contributed by atoms with E-state index in [2.05, 4.69) is 5.16 Å². The fourth-order valence-corrected chi connectivity index (χ4v) is 2.08. The summed E-state index contributed by atoms with van der Waals surface area (Å²) < 4.78 is 5.00. The van der Waals surface area contributed by atoms with Crippen LogP contribution in [0.15, 0.2) is 28.8 Å². The molecular weight excluding hydrogens is 272 g/mol. The number of carbonyl (C=O) groups is 2. The molecule has 2 aromatic rings. The summed E-state index contributed by atoms with van der Waals surface area (Å²) in [7, 11) is 1.68. The van der Waals surface area contributed by atoms with Crippen LogP contribution in [-0.4, -0.2) is 34.1 Å². The van der Waals surface area contributed by atoms with Gasteiger partial charge in [-0.25, -0.2) is 4.79 Å². The van der Waals surface area contributed by atoms with Gasteiger partial charge in [-0.15, -0.1) is 0 Å². The van der Waals surface area contributed by atoms with Gasteiger partial charge in [-0.1, -0.05) is 17.3 Å². The molecule has 1 N–H and O–H groups in total. The molecule has 1 aromatic carbocycles. The second kappa shape index (κ2) is 5.78. The van der Waals surface area contributed by atoms with Crippen LogP contribution in [0.4, 0.5) is 0 Å². The lowest BCUT2D eigenvalue weighted by Gasteiger charge is -2.17. The quantitative estimate of drug-likeness (QED) is 0.933. The van der Waals surface area contributed by atoms with Crippen LogP contribution < -0.4 is 0 Å². The molecule has 0 unspecified atom stereocenters. The summed E-state index contributed by atoms with van der Waals surface area (Å²) in [6, 6.07) is 6.43. The lowest BCUT2D eigenvalue weighted by atomic mass is 10.1. The van der Waals surface area contributed by atoms with Gasteiger partial charge in [0.2, 0.25) is 0 Å². The standard InChI is InChI=1S/C15H16N2O4/c1-9-13(10(2)21-16-9)14(18)17(3)8-11-4-6-12(7-5-11)15(19)20/h4-7H,8H2,1-3H3,(H,19,20). The lowest BCUT2D eigenvalue weighted by molar-refractivity contribution is 0.0695. The third-order valence-electron chi connectivity index (χ3n) is 3.21. The highest BCUT2D eigenvalue weighted by molar-refractivity contribution is 5.95. The Morgan fingerprint density at radius 2 is 1.86 bits per heavy atom. The zero-order chi connectivity index (χ0) is 15.6. The van der Waals surface area contributed by atoms with Crippen molar-refractivity contribution < 1.29 is 19.2 Å². The highest BCUT2D eigenvalue weighted by Crippen LogP contribution is 2.16. The highest BCUT2D eigenvalue weighted by Gasteiger charge is 2.21. The summed E-state index contributed by atoms with van der Waals surface area (Å²) in [5, 5.41) is 12.6. The average molecular weight is 288 g/mol. The maximum absolute atomic E-state index is 12.4. The minimum Gasteiger partial charge on any atom is -0.478 e. The topological polar surface area (TPSA) is 83.6 Å². The molecule has 0 atom stereocenters. The van der Waals surface area contributed by atoms with Crippen molar-refractivity contribution in [3.8, 4) is 0 Å². The Morgan fingerprint density at radius 1 is 1.24 bits per heavy atom. The molecule has 0 aliphatic heterocycles. The van der Waals surface area contributed by atoms with Crippen molar-refractivity contribution in [2.45, 2.75) is 20.4 Å². The Kier molecular flexibility index (Phi) is 4.07. The lowest BCUT2D eigenvalue weighted by Crippen LogP contribution is -2.27. The first-order valence-electron chi connectivity index (χ1n) is 6.40. The average Bonchev–Trinajstić information content (AvgIpc) is 2.78. The van der Waals surface area contributed by atoms with Crippen LogP contribution in [-0.2, 0) is 6.54 Å². The van der Waals surface area contributed by atoms with Crippen molar-refractivity contribution in [1.82, 2.24) is 10.1 Å². The molecule has 1 heterocycles. The van der Waals surface area contributed by atoms with Crippen LogP contribution >= 0.6 is 0 Å². The van der Waals surface area contributed by atoms with E-state index in [0.29, 0.717) is 23.6 Å². The minimum atomic E-state index is -0.971. The number of rotatable bonds is 4. The van der Waals surface area contributed by atoms with E-state index in [1.54, 1.807) is 37.9 Å². The summed E-state index contributed by atoms with van der Waals surface area (Å²) in [5.74, 6) is -0.652. The Balaban J connectivity index is 2.12. The summed E-state index contributed by atoms with van der Waals surface area (Å²) >= 11 is 0. The van der Waals surface area contributed by atoms with Crippen molar-refractivity contribution in [1.29, 1.82) is 0 Å². The second-order valence-corrected chi connectivity index (χ2v) is 4.86. The SMILES string of the molecule is Cc1noc(C)c1C(=O)N(C)Cc1ccc(C(=O)O)cc1. The van der Waals surface area contributed by atoms with Gasteiger partial charge in [0.1, 0.15) is 11.3 Å². The fourth-order valence-electron chi connectivity index (χ4n) is 2.08. The normalized spacial score (nSPS) is 10.4. The molecule has 0 radical (unpaired) electrons. The molecule has 2 rings (SSSR count). The number of aromatic carboxylic acids is 1. The van der Waals surface area contributed by atoms with Gasteiger partial charge < -0.3 is 14.5 Å². The van der Waals surface area contributed by atoms with E-state index < -0.39 is 5.97 Å². The monoisotopic (exact) mass is 288 g/mol. The summed E-state index contributed by atoms with van der Waals surface area (Å²) in [5.41, 5.74) is 2.10. The molecular formula is C15H16N2O4. The highest BCUT2D eigenvalue weighted by atomic mass is 16.5. The van der Waals surface area contributed by atoms with E-state index in [4.69, 9.17) is 9.63 Å². The van der Waals surface area contributed by atoms with Gasteiger partial charge >= 0.3 is 5.97 Å². The Morgan fingerprint density at radius 3 is 2.33 bits per heavy atom. The smallest absolute Gasteiger partial charge is 0.335 e. The number of aromatic nitrogens is 1. The predicted molar refractivity (Wildman–Crippen MR) is 75.2 cm³/mol. The first-order chi connectivity index (χ1) is 9.90. The first kappa shape index (κ1) is 14.8. The van der Waals surface area contributed by atoms with E-state index in [0.717, 1.165) is 5.56 Å². The van der Waals surface area contributed by atoms with Crippen LogP contribution in [0.1, 0.15) is 37.7 Å². The summed E-state index contributed by atoms with van der Waals surface area (Å²) in [6.07, 6.45) is 0. The summed E-state index contributed by atoms with van der Waals surface area (Å²) in [4.78, 5) is 24.7. The number of nitrogens with zero attached hydrogens (tertiary/aromatic N) is 2. The predicted octanol–water partition coefficient (Wildman–Crippen LogP) is 2.26. The minimum absolute atomic E-state index is 0.173. The van der Waals surface area contributed by atoms with Crippen LogP contribution in [0.5, 0.6) is 0 Å². The Bertz CT molecular complexity index is 654. The van der Waals surface area contributed by atoms with E-state index in [1.807, 2.05) is 0 Å². The van der Waals surface area contributed by atoms with Crippen LogP contribution in [0.3, 0.4) is 0 Å². The summed E-state index contributed by atoms with van der Waals surface area (Å²) in [6.45, 7) is 3.80. The number of carboxylic acid groups (broad SMARTS) is 1. The van der Waals surface area contributed by atoms with Crippen LogP contribution in [0.25, 0.3) is 0 Å². The van der Waals surface area contributed by atoms with Crippen molar-refractivity contribution in [3.05, 3.63) is 52.4 Å². The van der Waals surface area contributed by atoms with Gasteiger partial charge in [-0.05, 0) is 31.5 Å². The molecule has 1 aromatic heterocycles. The van der Waals surface area contributed by atoms with E-state index >= 15 is 0 Å². The zero-order valence-electron chi connectivity index (χ0n) is 12.1. The molecule has 1 amide bonds. The van der Waals surface area contributed by atoms with Crippen molar-refractivity contribution >= 4 is 11.9 Å². The van der Waals surface area contributed by atoms with Gasteiger partial charge in [0.05, 0.1) is 11.3 Å². The maximum Gasteiger partial charge on any atom is 0.335 e. The van der Waals surface area contributed by atoms with Crippen molar-refractivity contribution in [3.63, 3.8) is 0 Å². The van der Waals surface area contributed by atoms with Crippen LogP contribution in [0, 0.1) is 13.8 Å². The third kappa shape index (κ3) is 3.10. The van der Waals surface area contributed by atoms with Gasteiger partial charge in [0.25, 0.3) is 5.91 Å². The third-order valence-corrected chi connectivity index (χ3v) is 3.21. The molecule has 21 heavy (non-hydrogen) atoms. The molecule has 0 aliphatic rings. The van der Waals surface area contributed by atoms with Gasteiger partial charge in [0, 0.05) is 13.6 Å². The van der Waals surface area contributed by atoms with Crippen LogP contribution in [0.2, 0.25) is 0 Å². The molecule has 110 valence electrons. The van der Waals surface area contributed by atoms with E-state index in [9.17, 15) is 9.59 Å². The molecule has 0 aliphatic carbocycles. The number of hydrogen-bond acceptors (Lipinski definition) is 4. The molecule has 0 fully saturated rings. The number of carbonyl (C=O) groups excluding carboxylic acids is 1. The number of carboxylic acids is 1. The van der Waals surface area contributed by atoms with E-state index in [1.165, 1.54) is 12.1 Å². The molecule has 6 heteroatoms. The van der Waals surface area contributed by atoms with E-state index in [-0.39, 0.29) is 11.5 Å². The van der Waals surface area contributed by atoms with Gasteiger partial charge in [-0.2, -0.15) is 0 Å². The van der Waals surface area contributed by atoms with Crippen molar-refractivity contribution in [2.24, 2.45) is 0 Å². The molecule has 6 nitrogen and oxygen atoms in total. The van der Waals surface area contributed by atoms with Gasteiger partial charge in [0.15, 0.2) is 0 Å². The number of amides is 1. The maximum atomic E-state index is 12.4. The zero-order valence-corrected chi connectivity index (χ0v) is 12.1. The number of aryl methyl sites for hydroxylation is 2. The molecule has 0 spiro atoms. The Hall–Kier alpha value is -2.63. The Labute approximate surface area is 122 Å². The molecule has 0 bridgehead atoms. The number of benzene rings is 1. The van der Waals surface area contributed by atoms with Crippen molar-refractivity contribution in [2.75, 3.05) is 7.05 Å². The second-order valence-electron chi connectivity index (χ2n) is 4.86. The first-order valence-corrected chi connectivity index (χ1v) is 6.40. The largest absolute Gasteiger partial charge is 0.478 e. The molecule has 0 saturated carbocycles. The van der Waals surface area contributed by atoms with Gasteiger partial charge in [-0.3, -0.25) is 4.79 Å². The molecule has 0 saturated heterocycles.